The van der Waals surface area contributed by atoms with E-state index in [-0.39, 0.29) is 5.97 Å². The molecule has 1 saturated heterocycles. The van der Waals surface area contributed by atoms with Gasteiger partial charge in [-0.05, 0) is 56.7 Å². The molecule has 1 N–H and O–H groups in total. The summed E-state index contributed by atoms with van der Waals surface area (Å²) in [6.07, 6.45) is 2.29. The maximum atomic E-state index is 11.6. The standard InChI is InChI=1S/C15H21ClN2O2/c1-18(13-5-7-17-8-6-13)10-12-9-11(15(19)20-2)3-4-14(12)16/h3-4,9,13,17H,5-8,10H2,1-2H3. The van der Waals surface area contributed by atoms with Gasteiger partial charge in [-0.1, -0.05) is 11.6 Å². The van der Waals surface area contributed by atoms with Crippen molar-refractivity contribution >= 4 is 17.6 Å². The summed E-state index contributed by atoms with van der Waals surface area (Å²) in [6.45, 7) is 2.87. The summed E-state index contributed by atoms with van der Waals surface area (Å²) >= 11 is 6.24. The van der Waals surface area contributed by atoms with Crippen LogP contribution in [0, 0.1) is 0 Å². The number of hydrogen-bond donors (Lipinski definition) is 1. The number of esters is 1. The molecule has 0 bridgehead atoms. The van der Waals surface area contributed by atoms with E-state index < -0.39 is 0 Å². The molecule has 1 aliphatic rings. The van der Waals surface area contributed by atoms with Crippen LogP contribution in [0.2, 0.25) is 5.02 Å². The number of halogens is 1. The first-order chi connectivity index (χ1) is 9.61. The van der Waals surface area contributed by atoms with E-state index in [1.807, 2.05) is 6.07 Å². The van der Waals surface area contributed by atoms with Gasteiger partial charge in [-0.15, -0.1) is 0 Å². The summed E-state index contributed by atoms with van der Waals surface area (Å²) in [5, 5.41) is 4.06. The van der Waals surface area contributed by atoms with Crippen molar-refractivity contribution in [2.45, 2.75) is 25.4 Å². The molecule has 1 aromatic rings. The van der Waals surface area contributed by atoms with E-state index in [0.717, 1.165) is 38.0 Å². The van der Waals surface area contributed by atoms with Crippen LogP contribution in [-0.2, 0) is 11.3 Å². The lowest BCUT2D eigenvalue weighted by atomic mass is 10.0. The zero-order valence-electron chi connectivity index (χ0n) is 12.0. The lowest BCUT2D eigenvalue weighted by Gasteiger charge is -2.31. The smallest absolute Gasteiger partial charge is 0.337 e. The number of hydrogen-bond acceptors (Lipinski definition) is 4. The number of piperidine rings is 1. The minimum absolute atomic E-state index is 0.326. The van der Waals surface area contributed by atoms with Crippen molar-refractivity contribution in [3.8, 4) is 0 Å². The number of methoxy groups -OCH3 is 1. The number of carbonyl (C=O) groups excluding carboxylic acids is 1. The highest BCUT2D eigenvalue weighted by Crippen LogP contribution is 2.22. The molecule has 1 heterocycles. The summed E-state index contributed by atoms with van der Waals surface area (Å²) < 4.78 is 4.75. The monoisotopic (exact) mass is 296 g/mol. The van der Waals surface area contributed by atoms with E-state index in [2.05, 4.69) is 17.3 Å². The van der Waals surface area contributed by atoms with E-state index in [1.165, 1.54) is 7.11 Å². The Balaban J connectivity index is 2.09. The number of carbonyl (C=O) groups is 1. The Morgan fingerprint density at radius 2 is 2.15 bits per heavy atom. The summed E-state index contributed by atoms with van der Waals surface area (Å²) in [5.74, 6) is -0.326. The molecule has 0 saturated carbocycles. The van der Waals surface area contributed by atoms with Crippen molar-refractivity contribution in [2.75, 3.05) is 27.2 Å². The number of rotatable bonds is 4. The lowest BCUT2D eigenvalue weighted by Crippen LogP contribution is -2.40. The first-order valence-corrected chi connectivity index (χ1v) is 7.27. The number of nitrogens with one attached hydrogen (secondary N) is 1. The maximum Gasteiger partial charge on any atom is 0.337 e. The number of nitrogens with zero attached hydrogens (tertiary/aromatic N) is 1. The first kappa shape index (κ1) is 15.3. The van der Waals surface area contributed by atoms with Crippen molar-refractivity contribution in [3.63, 3.8) is 0 Å². The van der Waals surface area contributed by atoms with Gasteiger partial charge in [0.25, 0.3) is 0 Å². The van der Waals surface area contributed by atoms with Gasteiger partial charge in [0.05, 0.1) is 12.7 Å². The van der Waals surface area contributed by atoms with E-state index in [4.69, 9.17) is 16.3 Å². The summed E-state index contributed by atoms with van der Waals surface area (Å²) in [6, 6.07) is 5.85. The van der Waals surface area contributed by atoms with Crippen LogP contribution in [0.3, 0.4) is 0 Å². The molecule has 1 aromatic carbocycles. The fourth-order valence-corrected chi connectivity index (χ4v) is 2.76. The van der Waals surface area contributed by atoms with Crippen molar-refractivity contribution in [2.24, 2.45) is 0 Å². The van der Waals surface area contributed by atoms with Gasteiger partial charge in [-0.2, -0.15) is 0 Å². The molecule has 0 amide bonds. The predicted molar refractivity (Wildman–Crippen MR) is 80.2 cm³/mol. The molecule has 20 heavy (non-hydrogen) atoms. The third kappa shape index (κ3) is 3.72. The molecule has 110 valence electrons. The van der Waals surface area contributed by atoms with Gasteiger partial charge in [0.1, 0.15) is 0 Å². The molecule has 2 rings (SSSR count). The van der Waals surface area contributed by atoms with Crippen LogP contribution < -0.4 is 5.32 Å². The van der Waals surface area contributed by atoms with E-state index in [1.54, 1.807) is 12.1 Å². The molecule has 5 heteroatoms. The number of ether oxygens (including phenoxy) is 1. The van der Waals surface area contributed by atoms with Crippen LogP contribution in [0.5, 0.6) is 0 Å². The maximum absolute atomic E-state index is 11.6. The Morgan fingerprint density at radius 3 is 2.80 bits per heavy atom. The molecular formula is C15H21ClN2O2. The van der Waals surface area contributed by atoms with Gasteiger partial charge in [0.2, 0.25) is 0 Å². The van der Waals surface area contributed by atoms with E-state index in [0.29, 0.717) is 16.6 Å². The summed E-state index contributed by atoms with van der Waals surface area (Å²) in [4.78, 5) is 13.9. The van der Waals surface area contributed by atoms with E-state index >= 15 is 0 Å². The molecule has 0 aliphatic carbocycles. The fraction of sp³-hybridized carbons (Fsp3) is 0.533. The fourth-order valence-electron chi connectivity index (χ4n) is 2.59. The molecule has 0 atom stereocenters. The Kier molecular flexibility index (Phi) is 5.40. The Hall–Kier alpha value is -1.10. The Bertz CT molecular complexity index is 473. The minimum Gasteiger partial charge on any atom is -0.465 e. The summed E-state index contributed by atoms with van der Waals surface area (Å²) in [5.41, 5.74) is 1.52. The van der Waals surface area contributed by atoms with Crippen LogP contribution >= 0.6 is 11.6 Å². The largest absolute Gasteiger partial charge is 0.465 e. The highest BCUT2D eigenvalue weighted by atomic mass is 35.5. The second-order valence-electron chi connectivity index (χ2n) is 5.19. The SMILES string of the molecule is COC(=O)c1ccc(Cl)c(CN(C)C2CCNCC2)c1. The topological polar surface area (TPSA) is 41.6 Å². The minimum atomic E-state index is -0.326. The van der Waals surface area contributed by atoms with Gasteiger partial charge in [-0.25, -0.2) is 4.79 Å². The second-order valence-corrected chi connectivity index (χ2v) is 5.60. The molecule has 0 radical (unpaired) electrons. The quantitative estimate of drug-likeness (QED) is 0.866. The normalized spacial score (nSPS) is 16.4. The molecule has 1 fully saturated rings. The Morgan fingerprint density at radius 1 is 1.45 bits per heavy atom. The van der Waals surface area contributed by atoms with Crippen molar-refractivity contribution < 1.29 is 9.53 Å². The van der Waals surface area contributed by atoms with E-state index in [9.17, 15) is 4.79 Å². The van der Waals surface area contributed by atoms with Crippen LogP contribution in [0.4, 0.5) is 0 Å². The lowest BCUT2D eigenvalue weighted by molar-refractivity contribution is 0.0600. The Labute approximate surface area is 125 Å². The molecule has 0 aromatic heterocycles. The average Bonchev–Trinajstić information content (AvgIpc) is 2.49. The van der Waals surface area contributed by atoms with Crippen molar-refractivity contribution in [1.29, 1.82) is 0 Å². The van der Waals surface area contributed by atoms with Gasteiger partial charge in [-0.3, -0.25) is 4.90 Å². The van der Waals surface area contributed by atoms with Gasteiger partial charge in [0, 0.05) is 17.6 Å². The molecule has 0 spiro atoms. The van der Waals surface area contributed by atoms with Crippen LogP contribution in [0.15, 0.2) is 18.2 Å². The average molecular weight is 297 g/mol. The highest BCUT2D eigenvalue weighted by Gasteiger charge is 2.19. The predicted octanol–water partition coefficient (Wildman–Crippen LogP) is 2.31. The van der Waals surface area contributed by atoms with Crippen molar-refractivity contribution in [1.82, 2.24) is 10.2 Å². The van der Waals surface area contributed by atoms with Crippen LogP contribution in [0.25, 0.3) is 0 Å². The molecule has 4 nitrogen and oxygen atoms in total. The zero-order chi connectivity index (χ0) is 14.5. The summed E-state index contributed by atoms with van der Waals surface area (Å²) in [7, 11) is 3.49. The number of benzene rings is 1. The third-order valence-corrected chi connectivity index (χ3v) is 4.19. The van der Waals surface area contributed by atoms with Gasteiger partial charge >= 0.3 is 5.97 Å². The first-order valence-electron chi connectivity index (χ1n) is 6.89. The third-order valence-electron chi connectivity index (χ3n) is 3.82. The molecular weight excluding hydrogens is 276 g/mol. The van der Waals surface area contributed by atoms with Gasteiger partial charge in [0.15, 0.2) is 0 Å². The highest BCUT2D eigenvalue weighted by molar-refractivity contribution is 6.31. The van der Waals surface area contributed by atoms with Gasteiger partial charge < -0.3 is 10.1 Å². The van der Waals surface area contributed by atoms with Crippen LogP contribution in [0.1, 0.15) is 28.8 Å². The molecule has 0 unspecified atom stereocenters. The zero-order valence-corrected chi connectivity index (χ0v) is 12.7. The van der Waals surface area contributed by atoms with Crippen LogP contribution in [-0.4, -0.2) is 44.2 Å². The van der Waals surface area contributed by atoms with Crippen molar-refractivity contribution in [3.05, 3.63) is 34.3 Å². The second kappa shape index (κ2) is 7.07. The molecule has 1 aliphatic heterocycles.